The van der Waals surface area contributed by atoms with Crippen molar-refractivity contribution in [3.05, 3.63) is 0 Å². The lowest BCUT2D eigenvalue weighted by molar-refractivity contribution is -0.182. The molecule has 2 aliphatic heterocycles. The lowest BCUT2D eigenvalue weighted by Crippen LogP contribution is -2.59. The van der Waals surface area contributed by atoms with Gasteiger partial charge in [-0.25, -0.2) is 0 Å². The van der Waals surface area contributed by atoms with E-state index in [2.05, 4.69) is 20.8 Å². The Labute approximate surface area is 115 Å². The van der Waals surface area contributed by atoms with Crippen molar-refractivity contribution in [1.82, 2.24) is 9.96 Å². The van der Waals surface area contributed by atoms with Crippen LogP contribution in [0.1, 0.15) is 40.0 Å². The minimum atomic E-state index is -1.27. The highest BCUT2D eigenvalue weighted by Gasteiger charge is 2.44. The molecule has 2 rings (SSSR count). The highest BCUT2D eigenvalue weighted by atomic mass is 16.7. The lowest BCUT2D eigenvalue weighted by atomic mass is 9.88. The molecule has 2 heterocycles. The van der Waals surface area contributed by atoms with Crippen LogP contribution in [0.15, 0.2) is 0 Å². The van der Waals surface area contributed by atoms with Gasteiger partial charge in [0.25, 0.3) is 5.91 Å². The van der Waals surface area contributed by atoms with Crippen LogP contribution in [0.3, 0.4) is 0 Å². The largest absolute Gasteiger partial charge is 0.379 e. The highest BCUT2D eigenvalue weighted by molar-refractivity contribution is 5.86. The van der Waals surface area contributed by atoms with Gasteiger partial charge in [-0.1, -0.05) is 20.8 Å². The van der Waals surface area contributed by atoms with Crippen LogP contribution in [0.25, 0.3) is 0 Å². The van der Waals surface area contributed by atoms with Crippen LogP contribution >= 0.6 is 0 Å². The second kappa shape index (κ2) is 5.38. The maximum atomic E-state index is 12.5. The number of β-amino-alcohol motifs (C(OH)–C–C–N with tert-alkyl or cyclic N) is 1. The average molecular weight is 270 g/mol. The van der Waals surface area contributed by atoms with Crippen molar-refractivity contribution < 1.29 is 14.7 Å². The molecule has 0 aliphatic carbocycles. The molecule has 19 heavy (non-hydrogen) atoms. The van der Waals surface area contributed by atoms with Gasteiger partial charge >= 0.3 is 0 Å². The van der Waals surface area contributed by atoms with E-state index in [1.165, 1.54) is 0 Å². The van der Waals surface area contributed by atoms with Crippen LogP contribution < -0.4 is 0 Å². The molecule has 5 nitrogen and oxygen atoms in total. The van der Waals surface area contributed by atoms with Crippen LogP contribution in [0.2, 0.25) is 0 Å². The van der Waals surface area contributed by atoms with Gasteiger partial charge in [-0.05, 0) is 24.7 Å². The summed E-state index contributed by atoms with van der Waals surface area (Å²) in [4.78, 5) is 19.7. The maximum Gasteiger partial charge on any atom is 0.255 e. The first kappa shape index (κ1) is 14.8. The zero-order valence-corrected chi connectivity index (χ0v) is 12.3. The maximum absolute atomic E-state index is 12.5. The highest BCUT2D eigenvalue weighted by Crippen LogP contribution is 2.27. The molecule has 1 atom stereocenters. The van der Waals surface area contributed by atoms with Crippen molar-refractivity contribution in [2.24, 2.45) is 5.41 Å². The molecule has 2 saturated heterocycles. The van der Waals surface area contributed by atoms with Gasteiger partial charge in [0.05, 0.1) is 13.2 Å². The van der Waals surface area contributed by atoms with Crippen molar-refractivity contribution >= 4 is 5.91 Å². The summed E-state index contributed by atoms with van der Waals surface area (Å²) in [6.07, 6.45) is 2.36. The van der Waals surface area contributed by atoms with Crippen molar-refractivity contribution in [2.75, 3.05) is 32.8 Å². The predicted octanol–water partition coefficient (Wildman–Crippen LogP) is 1.02. The van der Waals surface area contributed by atoms with E-state index in [0.717, 1.165) is 25.9 Å². The number of piperidine rings is 1. The van der Waals surface area contributed by atoms with Crippen molar-refractivity contribution in [1.29, 1.82) is 0 Å². The first-order valence-corrected chi connectivity index (χ1v) is 7.20. The van der Waals surface area contributed by atoms with Gasteiger partial charge in [-0.2, -0.15) is 5.06 Å². The fourth-order valence-electron chi connectivity index (χ4n) is 2.85. The Hall–Kier alpha value is -0.650. The second-order valence-electron chi connectivity index (χ2n) is 6.97. The molecule has 0 aromatic heterocycles. The molecule has 0 radical (unpaired) electrons. The van der Waals surface area contributed by atoms with E-state index < -0.39 is 5.60 Å². The van der Waals surface area contributed by atoms with E-state index in [-0.39, 0.29) is 11.3 Å². The van der Waals surface area contributed by atoms with Crippen LogP contribution in [-0.4, -0.2) is 59.4 Å². The standard InChI is InChI=1S/C14H26N2O3/c1-13(2,3)10-15-7-4-6-14(18,12(15)17)11-16-8-5-9-19-16/h18H,4-11H2,1-3H3/t14-/m1/s1. The third-order valence-electron chi connectivity index (χ3n) is 3.63. The summed E-state index contributed by atoms with van der Waals surface area (Å²) < 4.78 is 0. The zero-order valence-electron chi connectivity index (χ0n) is 12.3. The fourth-order valence-corrected chi connectivity index (χ4v) is 2.85. The second-order valence-corrected chi connectivity index (χ2v) is 6.97. The number of carbonyl (C=O) groups is 1. The summed E-state index contributed by atoms with van der Waals surface area (Å²) in [5, 5.41) is 12.4. The van der Waals surface area contributed by atoms with E-state index in [9.17, 15) is 9.90 Å². The lowest BCUT2D eigenvalue weighted by Gasteiger charge is -2.41. The number of amides is 1. The van der Waals surface area contributed by atoms with Gasteiger partial charge in [0.15, 0.2) is 5.60 Å². The van der Waals surface area contributed by atoms with E-state index in [0.29, 0.717) is 26.1 Å². The number of carbonyl (C=O) groups excluding carboxylic acids is 1. The van der Waals surface area contributed by atoms with Crippen LogP contribution in [0, 0.1) is 5.41 Å². The molecule has 0 spiro atoms. The first-order valence-electron chi connectivity index (χ1n) is 7.20. The third-order valence-corrected chi connectivity index (χ3v) is 3.63. The number of hydrogen-bond acceptors (Lipinski definition) is 4. The molecule has 2 fully saturated rings. The summed E-state index contributed by atoms with van der Waals surface area (Å²) >= 11 is 0. The van der Waals surface area contributed by atoms with Gasteiger partial charge in [0.1, 0.15) is 0 Å². The Morgan fingerprint density at radius 1 is 1.32 bits per heavy atom. The summed E-state index contributed by atoms with van der Waals surface area (Å²) in [5.74, 6) is -0.135. The topological polar surface area (TPSA) is 53.0 Å². The number of aliphatic hydroxyl groups is 1. The SMILES string of the molecule is CC(C)(C)CN1CCC[C@@](O)(CN2CCCO2)C1=O. The quantitative estimate of drug-likeness (QED) is 0.832. The molecule has 2 aliphatic rings. The van der Waals surface area contributed by atoms with Crippen LogP contribution in [0.4, 0.5) is 0 Å². The Bertz CT molecular complexity index is 334. The first-order chi connectivity index (χ1) is 8.80. The van der Waals surface area contributed by atoms with Crippen LogP contribution in [-0.2, 0) is 9.63 Å². The summed E-state index contributed by atoms with van der Waals surface area (Å²) in [6, 6.07) is 0. The van der Waals surface area contributed by atoms with Crippen molar-refractivity contribution in [2.45, 2.75) is 45.6 Å². The van der Waals surface area contributed by atoms with E-state index in [1.54, 1.807) is 9.96 Å². The van der Waals surface area contributed by atoms with Gasteiger partial charge in [-0.3, -0.25) is 9.63 Å². The number of likely N-dealkylation sites (tertiary alicyclic amines) is 1. The molecular weight excluding hydrogens is 244 g/mol. The normalized spacial score (nSPS) is 30.1. The Balaban J connectivity index is 2.01. The fraction of sp³-hybridized carbons (Fsp3) is 0.929. The van der Waals surface area contributed by atoms with Gasteiger partial charge in [0, 0.05) is 19.6 Å². The zero-order chi connectivity index (χ0) is 14.1. The molecule has 0 unspecified atom stereocenters. The summed E-state index contributed by atoms with van der Waals surface area (Å²) in [5.41, 5.74) is -1.22. The smallest absolute Gasteiger partial charge is 0.255 e. The molecule has 0 bridgehead atoms. The molecule has 0 saturated carbocycles. The Kier molecular flexibility index (Phi) is 4.18. The molecule has 1 N–H and O–H groups in total. The molecule has 0 aromatic rings. The molecule has 5 heteroatoms. The number of hydrogen-bond donors (Lipinski definition) is 1. The van der Waals surface area contributed by atoms with Gasteiger partial charge < -0.3 is 10.0 Å². The van der Waals surface area contributed by atoms with E-state index in [4.69, 9.17) is 4.84 Å². The number of rotatable bonds is 3. The minimum Gasteiger partial charge on any atom is -0.379 e. The van der Waals surface area contributed by atoms with E-state index >= 15 is 0 Å². The van der Waals surface area contributed by atoms with Crippen molar-refractivity contribution in [3.8, 4) is 0 Å². The van der Waals surface area contributed by atoms with E-state index in [1.807, 2.05) is 0 Å². The molecule has 0 aromatic carbocycles. The number of nitrogens with zero attached hydrogens (tertiary/aromatic N) is 2. The molecular formula is C14H26N2O3. The molecule has 1 amide bonds. The average Bonchev–Trinajstić information content (AvgIpc) is 2.76. The predicted molar refractivity (Wildman–Crippen MR) is 72.4 cm³/mol. The summed E-state index contributed by atoms with van der Waals surface area (Å²) in [7, 11) is 0. The Morgan fingerprint density at radius 2 is 2.05 bits per heavy atom. The molecule has 110 valence electrons. The van der Waals surface area contributed by atoms with Gasteiger partial charge in [-0.15, -0.1) is 0 Å². The van der Waals surface area contributed by atoms with Crippen LogP contribution in [0.5, 0.6) is 0 Å². The van der Waals surface area contributed by atoms with Gasteiger partial charge in [0.2, 0.25) is 0 Å². The summed E-state index contributed by atoms with van der Waals surface area (Å²) in [6.45, 7) is 9.55. The minimum absolute atomic E-state index is 0.0536. The van der Waals surface area contributed by atoms with Crippen molar-refractivity contribution in [3.63, 3.8) is 0 Å². The third kappa shape index (κ3) is 3.68. The monoisotopic (exact) mass is 270 g/mol. The Morgan fingerprint density at radius 3 is 2.63 bits per heavy atom. The number of hydroxylamine groups is 2.